The predicted molar refractivity (Wildman–Crippen MR) is 86.6 cm³/mol. The molecule has 2 N–H and O–H groups in total. The topological polar surface area (TPSA) is 110 Å². The molecule has 0 fully saturated rings. The van der Waals surface area contributed by atoms with Crippen LogP contribution in [-0.2, 0) is 14.8 Å². The van der Waals surface area contributed by atoms with Crippen LogP contribution >= 0.6 is 0 Å². The number of carbonyl (C=O) groups is 2. The van der Waals surface area contributed by atoms with E-state index in [9.17, 15) is 22.4 Å². The number of benzene rings is 2. The molecule has 0 saturated heterocycles. The van der Waals surface area contributed by atoms with Gasteiger partial charge in [0.1, 0.15) is 5.82 Å². The Bertz CT molecular complexity index is 909. The van der Waals surface area contributed by atoms with Gasteiger partial charge in [0.05, 0.1) is 22.6 Å². The zero-order valence-electron chi connectivity index (χ0n) is 13.0. The molecule has 0 amide bonds. The van der Waals surface area contributed by atoms with Crippen molar-refractivity contribution in [3.8, 4) is 0 Å². The number of hydrogen-bond acceptors (Lipinski definition) is 5. The van der Waals surface area contributed by atoms with E-state index in [4.69, 9.17) is 9.84 Å². The van der Waals surface area contributed by atoms with Crippen molar-refractivity contribution in [2.45, 2.75) is 11.8 Å². The average Bonchev–Trinajstić information content (AvgIpc) is 2.55. The lowest BCUT2D eigenvalue weighted by atomic mass is 10.2. The first-order chi connectivity index (χ1) is 11.7. The van der Waals surface area contributed by atoms with Crippen molar-refractivity contribution >= 4 is 27.6 Å². The minimum absolute atomic E-state index is 0.147. The molecule has 0 radical (unpaired) electrons. The highest BCUT2D eigenvalue weighted by Crippen LogP contribution is 2.19. The summed E-state index contributed by atoms with van der Waals surface area (Å²) in [4.78, 5) is 22.1. The van der Waals surface area contributed by atoms with Crippen molar-refractivity contribution in [3.63, 3.8) is 0 Å². The number of halogens is 1. The second-order valence-corrected chi connectivity index (χ2v) is 6.53. The van der Waals surface area contributed by atoms with E-state index in [0.717, 1.165) is 18.2 Å². The molecule has 2 aromatic rings. The van der Waals surface area contributed by atoms with E-state index in [1.807, 2.05) is 0 Å². The van der Waals surface area contributed by atoms with Gasteiger partial charge < -0.3 is 9.84 Å². The van der Waals surface area contributed by atoms with Crippen LogP contribution in [0.5, 0.6) is 0 Å². The van der Waals surface area contributed by atoms with Crippen LogP contribution in [0.1, 0.15) is 27.6 Å². The number of carboxylic acids is 1. The minimum atomic E-state index is -4.13. The van der Waals surface area contributed by atoms with Gasteiger partial charge in [0.15, 0.2) is 0 Å². The molecule has 0 aliphatic heterocycles. The molecule has 0 aliphatic rings. The monoisotopic (exact) mass is 367 g/mol. The quantitative estimate of drug-likeness (QED) is 0.759. The maximum atomic E-state index is 13.4. The lowest BCUT2D eigenvalue weighted by Crippen LogP contribution is -2.14. The van der Waals surface area contributed by atoms with Gasteiger partial charge in [-0.25, -0.2) is 22.4 Å². The summed E-state index contributed by atoms with van der Waals surface area (Å²) >= 11 is 0. The second kappa shape index (κ2) is 7.31. The Morgan fingerprint density at radius 3 is 2.36 bits per heavy atom. The lowest BCUT2D eigenvalue weighted by molar-refractivity contribution is 0.0525. The van der Waals surface area contributed by atoms with Crippen molar-refractivity contribution in [3.05, 3.63) is 59.4 Å². The van der Waals surface area contributed by atoms with Gasteiger partial charge >= 0.3 is 11.9 Å². The van der Waals surface area contributed by atoms with Crippen LogP contribution in [0, 0.1) is 5.82 Å². The number of rotatable bonds is 6. The second-order valence-electron chi connectivity index (χ2n) is 4.85. The van der Waals surface area contributed by atoms with Crippen LogP contribution < -0.4 is 4.72 Å². The van der Waals surface area contributed by atoms with Gasteiger partial charge in [-0.15, -0.1) is 0 Å². The van der Waals surface area contributed by atoms with Gasteiger partial charge in [-0.05, 0) is 49.4 Å². The molecule has 7 nitrogen and oxygen atoms in total. The van der Waals surface area contributed by atoms with E-state index in [2.05, 4.69) is 4.72 Å². The first kappa shape index (κ1) is 18.4. The third-order valence-electron chi connectivity index (χ3n) is 3.13. The largest absolute Gasteiger partial charge is 0.478 e. The maximum absolute atomic E-state index is 13.4. The third-order valence-corrected chi connectivity index (χ3v) is 4.51. The molecule has 0 bridgehead atoms. The first-order valence-electron chi connectivity index (χ1n) is 7.07. The molecule has 0 heterocycles. The zero-order valence-corrected chi connectivity index (χ0v) is 13.8. The van der Waals surface area contributed by atoms with Crippen LogP contribution in [0.3, 0.4) is 0 Å². The van der Waals surface area contributed by atoms with Gasteiger partial charge in [-0.3, -0.25) is 4.72 Å². The van der Waals surface area contributed by atoms with Crippen LogP contribution in [0.15, 0.2) is 47.4 Å². The molecule has 0 spiro atoms. The predicted octanol–water partition coefficient (Wildman–Crippen LogP) is 2.50. The Morgan fingerprint density at radius 1 is 1.16 bits per heavy atom. The first-order valence-corrected chi connectivity index (χ1v) is 8.55. The molecule has 2 rings (SSSR count). The Balaban J connectivity index is 2.26. The fourth-order valence-corrected chi connectivity index (χ4v) is 3.02. The number of carboxylic acid groups (broad SMARTS) is 1. The molecule has 0 unspecified atom stereocenters. The number of nitrogens with one attached hydrogen (secondary N) is 1. The minimum Gasteiger partial charge on any atom is -0.478 e. The molecule has 2 aromatic carbocycles. The number of sulfonamides is 1. The van der Waals surface area contributed by atoms with Crippen molar-refractivity contribution in [1.82, 2.24) is 0 Å². The van der Waals surface area contributed by atoms with E-state index in [0.29, 0.717) is 0 Å². The summed E-state index contributed by atoms with van der Waals surface area (Å²) in [5.74, 6) is -3.15. The number of esters is 1. The Hall–Kier alpha value is -2.94. The third kappa shape index (κ3) is 4.32. The number of aromatic carboxylic acids is 1. The number of anilines is 1. The molecule has 25 heavy (non-hydrogen) atoms. The van der Waals surface area contributed by atoms with Crippen molar-refractivity contribution in [2.75, 3.05) is 11.3 Å². The van der Waals surface area contributed by atoms with Crippen molar-refractivity contribution < 1.29 is 32.2 Å². The fourth-order valence-electron chi connectivity index (χ4n) is 1.94. The van der Waals surface area contributed by atoms with Gasteiger partial charge in [-0.2, -0.15) is 0 Å². The number of ether oxygens (including phenoxy) is 1. The Kier molecular flexibility index (Phi) is 5.38. The van der Waals surface area contributed by atoms with E-state index in [1.165, 1.54) is 24.3 Å². The highest BCUT2D eigenvalue weighted by molar-refractivity contribution is 7.92. The maximum Gasteiger partial charge on any atom is 0.338 e. The summed E-state index contributed by atoms with van der Waals surface area (Å²) < 4.78 is 45.0. The molecule has 0 aliphatic carbocycles. The standard InChI is InChI=1S/C16H14FNO6S/c1-2-24-16(21)10-3-5-11(6-4-10)18-25(22,23)12-7-8-14(17)13(9-12)15(19)20/h3-9,18H,2H2,1H3,(H,19,20). The smallest absolute Gasteiger partial charge is 0.338 e. The molecular weight excluding hydrogens is 353 g/mol. The van der Waals surface area contributed by atoms with Crippen molar-refractivity contribution in [1.29, 1.82) is 0 Å². The average molecular weight is 367 g/mol. The van der Waals surface area contributed by atoms with E-state index in [-0.39, 0.29) is 17.9 Å². The molecule has 132 valence electrons. The van der Waals surface area contributed by atoms with Gasteiger partial charge in [0.2, 0.25) is 0 Å². The SMILES string of the molecule is CCOC(=O)c1ccc(NS(=O)(=O)c2ccc(F)c(C(=O)O)c2)cc1. The molecule has 0 saturated carbocycles. The number of carbonyl (C=O) groups excluding carboxylic acids is 1. The molecule has 0 aromatic heterocycles. The molecular formula is C16H14FNO6S. The summed E-state index contributed by atoms with van der Waals surface area (Å²) in [6.07, 6.45) is 0. The summed E-state index contributed by atoms with van der Waals surface area (Å²) in [7, 11) is -4.13. The molecule has 0 atom stereocenters. The van der Waals surface area contributed by atoms with E-state index < -0.39 is 38.2 Å². The fraction of sp³-hybridized carbons (Fsp3) is 0.125. The van der Waals surface area contributed by atoms with Crippen LogP contribution in [0.25, 0.3) is 0 Å². The summed E-state index contributed by atoms with van der Waals surface area (Å²) in [6, 6.07) is 7.91. The highest BCUT2D eigenvalue weighted by atomic mass is 32.2. The van der Waals surface area contributed by atoms with Crippen LogP contribution in [0.2, 0.25) is 0 Å². The van der Waals surface area contributed by atoms with Crippen LogP contribution in [0.4, 0.5) is 10.1 Å². The zero-order chi connectivity index (χ0) is 18.6. The molecule has 9 heteroatoms. The van der Waals surface area contributed by atoms with Crippen molar-refractivity contribution in [2.24, 2.45) is 0 Å². The lowest BCUT2D eigenvalue weighted by Gasteiger charge is -2.09. The summed E-state index contributed by atoms with van der Waals surface area (Å²) in [5.41, 5.74) is -0.352. The van der Waals surface area contributed by atoms with E-state index in [1.54, 1.807) is 6.92 Å². The highest BCUT2D eigenvalue weighted by Gasteiger charge is 2.19. The van der Waals surface area contributed by atoms with Gasteiger partial charge in [-0.1, -0.05) is 0 Å². The number of hydrogen-bond donors (Lipinski definition) is 2. The normalized spacial score (nSPS) is 11.0. The Morgan fingerprint density at radius 2 is 1.80 bits per heavy atom. The van der Waals surface area contributed by atoms with Gasteiger partial charge in [0.25, 0.3) is 10.0 Å². The Labute approximate surface area is 143 Å². The summed E-state index contributed by atoms with van der Waals surface area (Å²) in [6.45, 7) is 1.87. The summed E-state index contributed by atoms with van der Waals surface area (Å²) in [5, 5.41) is 8.87. The van der Waals surface area contributed by atoms with Gasteiger partial charge in [0, 0.05) is 5.69 Å². The van der Waals surface area contributed by atoms with Crippen LogP contribution in [-0.4, -0.2) is 32.1 Å². The van der Waals surface area contributed by atoms with E-state index >= 15 is 0 Å².